The van der Waals surface area contributed by atoms with Crippen LogP contribution >= 0.6 is 0 Å². The minimum atomic E-state index is -0.183. The first kappa shape index (κ1) is 17.0. The summed E-state index contributed by atoms with van der Waals surface area (Å²) in [6.07, 6.45) is 2.35. The number of aromatic nitrogens is 1. The third-order valence-electron chi connectivity index (χ3n) is 4.81. The van der Waals surface area contributed by atoms with Crippen LogP contribution in [0.1, 0.15) is 26.4 Å². The second-order valence-electron chi connectivity index (χ2n) is 6.46. The van der Waals surface area contributed by atoms with Gasteiger partial charge in [0, 0.05) is 36.7 Å². The highest BCUT2D eigenvalue weighted by Gasteiger charge is 2.26. The zero-order valence-electron chi connectivity index (χ0n) is 15.0. The lowest BCUT2D eigenvalue weighted by atomic mass is 10.1. The Bertz CT molecular complexity index is 1000. The van der Waals surface area contributed by atoms with E-state index in [1.165, 1.54) is 6.20 Å². The lowest BCUT2D eigenvalue weighted by Gasteiger charge is -2.19. The highest BCUT2D eigenvalue weighted by molar-refractivity contribution is 6.09. The van der Waals surface area contributed by atoms with Crippen molar-refractivity contribution < 1.29 is 9.59 Å². The number of pyridine rings is 1. The molecule has 0 atom stereocenters. The van der Waals surface area contributed by atoms with E-state index < -0.39 is 0 Å². The molecule has 0 radical (unpaired) electrons. The molecule has 4 rings (SSSR count). The molecule has 2 amide bonds. The molecular formula is C22H19N3O2. The van der Waals surface area contributed by atoms with Gasteiger partial charge in [0.1, 0.15) is 5.69 Å². The quantitative estimate of drug-likeness (QED) is 0.720. The second kappa shape index (κ2) is 7.03. The van der Waals surface area contributed by atoms with Crippen LogP contribution in [0.4, 0.5) is 11.4 Å². The minimum Gasteiger partial charge on any atom is -0.311 e. The summed E-state index contributed by atoms with van der Waals surface area (Å²) in [7, 11) is 1.72. The number of benzene rings is 2. The van der Waals surface area contributed by atoms with Crippen molar-refractivity contribution in [3.63, 3.8) is 0 Å². The summed E-state index contributed by atoms with van der Waals surface area (Å²) in [4.78, 5) is 33.3. The van der Waals surface area contributed by atoms with Crippen LogP contribution in [0.25, 0.3) is 0 Å². The van der Waals surface area contributed by atoms with Crippen LogP contribution < -0.4 is 9.80 Å². The number of fused-ring (bicyclic) bond motifs is 1. The summed E-state index contributed by atoms with van der Waals surface area (Å²) in [5.41, 5.74) is 3.58. The molecule has 5 heteroatoms. The highest BCUT2D eigenvalue weighted by atomic mass is 16.2. The van der Waals surface area contributed by atoms with Gasteiger partial charge >= 0.3 is 0 Å². The maximum atomic E-state index is 13.0. The lowest BCUT2D eigenvalue weighted by Crippen LogP contribution is -2.30. The summed E-state index contributed by atoms with van der Waals surface area (Å²) >= 11 is 0. The number of carbonyl (C=O) groups is 2. The van der Waals surface area contributed by atoms with E-state index in [9.17, 15) is 9.59 Å². The van der Waals surface area contributed by atoms with Crippen LogP contribution in [-0.2, 0) is 6.42 Å². The number of hydrogen-bond donors (Lipinski definition) is 0. The number of amides is 2. The van der Waals surface area contributed by atoms with Gasteiger partial charge in [-0.25, -0.2) is 0 Å². The van der Waals surface area contributed by atoms with Gasteiger partial charge in [0.05, 0.1) is 0 Å². The van der Waals surface area contributed by atoms with Gasteiger partial charge in [0.15, 0.2) is 0 Å². The van der Waals surface area contributed by atoms with Crippen molar-refractivity contribution in [3.8, 4) is 0 Å². The molecule has 2 aromatic carbocycles. The van der Waals surface area contributed by atoms with Crippen LogP contribution in [0.2, 0.25) is 0 Å². The van der Waals surface area contributed by atoms with E-state index in [1.807, 2.05) is 54.6 Å². The summed E-state index contributed by atoms with van der Waals surface area (Å²) in [5.74, 6) is -0.364. The average Bonchev–Trinajstić information content (AvgIpc) is 3.17. The predicted octanol–water partition coefficient (Wildman–Crippen LogP) is 3.56. The van der Waals surface area contributed by atoms with Crippen molar-refractivity contribution in [1.29, 1.82) is 0 Å². The number of rotatable bonds is 3. The summed E-state index contributed by atoms with van der Waals surface area (Å²) in [5, 5.41) is 0. The molecule has 0 aliphatic carbocycles. The molecule has 0 fully saturated rings. The standard InChI is InChI=1S/C22H19N3O2/c1-24(18-8-3-2-4-9-18)21(26)17-11-13-23-19(15-17)22(27)25-14-12-16-7-5-6-10-20(16)25/h2-11,13,15H,12,14H2,1H3. The van der Waals surface area contributed by atoms with Crippen molar-refractivity contribution in [3.05, 3.63) is 89.7 Å². The van der Waals surface area contributed by atoms with Crippen LogP contribution in [0.15, 0.2) is 72.9 Å². The molecule has 3 aromatic rings. The molecule has 1 aliphatic rings. The van der Waals surface area contributed by atoms with Crippen molar-refractivity contribution in [1.82, 2.24) is 4.98 Å². The summed E-state index contributed by atoms with van der Waals surface area (Å²) < 4.78 is 0. The molecule has 27 heavy (non-hydrogen) atoms. The Morgan fingerprint density at radius 1 is 1.00 bits per heavy atom. The second-order valence-corrected chi connectivity index (χ2v) is 6.46. The smallest absolute Gasteiger partial charge is 0.276 e. The monoisotopic (exact) mass is 357 g/mol. The number of carbonyl (C=O) groups excluding carboxylic acids is 2. The first-order valence-electron chi connectivity index (χ1n) is 8.84. The fourth-order valence-electron chi connectivity index (χ4n) is 3.33. The molecule has 0 saturated heterocycles. The number of nitrogens with zero attached hydrogens (tertiary/aromatic N) is 3. The third-order valence-corrected chi connectivity index (χ3v) is 4.81. The van der Waals surface area contributed by atoms with Crippen LogP contribution in [0.5, 0.6) is 0 Å². The van der Waals surface area contributed by atoms with Crippen molar-refractivity contribution in [2.45, 2.75) is 6.42 Å². The first-order valence-corrected chi connectivity index (χ1v) is 8.84. The molecule has 1 aromatic heterocycles. The van der Waals surface area contributed by atoms with Gasteiger partial charge in [-0.2, -0.15) is 0 Å². The van der Waals surface area contributed by atoms with E-state index >= 15 is 0 Å². The van der Waals surface area contributed by atoms with Crippen molar-refractivity contribution >= 4 is 23.2 Å². The van der Waals surface area contributed by atoms with E-state index in [0.29, 0.717) is 12.1 Å². The Hall–Kier alpha value is -3.47. The molecule has 0 unspecified atom stereocenters. The Kier molecular flexibility index (Phi) is 4.42. The topological polar surface area (TPSA) is 53.5 Å². The van der Waals surface area contributed by atoms with Crippen molar-refractivity contribution in [2.75, 3.05) is 23.4 Å². The molecule has 0 saturated carbocycles. The van der Waals surface area contributed by atoms with E-state index in [1.54, 1.807) is 29.0 Å². The SMILES string of the molecule is CN(C(=O)c1ccnc(C(=O)N2CCc3ccccc32)c1)c1ccccc1. The highest BCUT2D eigenvalue weighted by Crippen LogP contribution is 2.28. The normalized spacial score (nSPS) is 12.6. The molecule has 1 aliphatic heterocycles. The predicted molar refractivity (Wildman–Crippen MR) is 105 cm³/mol. The number of hydrogen-bond acceptors (Lipinski definition) is 3. The maximum absolute atomic E-state index is 13.0. The third kappa shape index (κ3) is 3.19. The minimum absolute atomic E-state index is 0.181. The fourth-order valence-corrected chi connectivity index (χ4v) is 3.33. The van der Waals surface area contributed by atoms with Gasteiger partial charge in [-0.1, -0.05) is 36.4 Å². The maximum Gasteiger partial charge on any atom is 0.276 e. The Morgan fingerprint density at radius 3 is 2.56 bits per heavy atom. The summed E-state index contributed by atoms with van der Waals surface area (Å²) in [6.45, 7) is 0.627. The van der Waals surface area contributed by atoms with E-state index in [2.05, 4.69) is 4.98 Å². The van der Waals surface area contributed by atoms with Crippen LogP contribution in [0, 0.1) is 0 Å². The first-order chi connectivity index (χ1) is 13.1. The van der Waals surface area contributed by atoms with Crippen molar-refractivity contribution in [2.24, 2.45) is 0 Å². The zero-order chi connectivity index (χ0) is 18.8. The molecule has 5 nitrogen and oxygen atoms in total. The fraction of sp³-hybridized carbons (Fsp3) is 0.136. The molecule has 0 N–H and O–H groups in total. The van der Waals surface area contributed by atoms with Gasteiger partial charge in [0.25, 0.3) is 11.8 Å². The van der Waals surface area contributed by atoms with Gasteiger partial charge in [-0.05, 0) is 42.3 Å². The Labute approximate surface area is 157 Å². The van der Waals surface area contributed by atoms with E-state index in [-0.39, 0.29) is 17.5 Å². The Morgan fingerprint density at radius 2 is 1.74 bits per heavy atom. The zero-order valence-corrected chi connectivity index (χ0v) is 15.0. The molecule has 0 spiro atoms. The number of anilines is 2. The summed E-state index contributed by atoms with van der Waals surface area (Å²) in [6, 6.07) is 20.5. The van der Waals surface area contributed by atoms with Gasteiger partial charge in [0.2, 0.25) is 0 Å². The Balaban J connectivity index is 1.60. The van der Waals surface area contributed by atoms with Crippen LogP contribution in [-0.4, -0.2) is 30.4 Å². The van der Waals surface area contributed by atoms with Gasteiger partial charge in [-0.15, -0.1) is 0 Å². The number of para-hydroxylation sites is 2. The van der Waals surface area contributed by atoms with E-state index in [4.69, 9.17) is 0 Å². The largest absolute Gasteiger partial charge is 0.311 e. The van der Waals surface area contributed by atoms with E-state index in [0.717, 1.165) is 23.4 Å². The molecule has 2 heterocycles. The molecule has 0 bridgehead atoms. The average molecular weight is 357 g/mol. The van der Waals surface area contributed by atoms with Crippen LogP contribution in [0.3, 0.4) is 0 Å². The van der Waals surface area contributed by atoms with Gasteiger partial charge in [-0.3, -0.25) is 14.6 Å². The lowest BCUT2D eigenvalue weighted by molar-refractivity contribution is 0.0984. The molecular weight excluding hydrogens is 338 g/mol. The van der Waals surface area contributed by atoms with Gasteiger partial charge < -0.3 is 9.80 Å². The molecule has 134 valence electrons.